The first-order chi connectivity index (χ1) is 6.29. The molecule has 0 fully saturated rings. The largest absolute Gasteiger partial charge is 0.382 e. The van der Waals surface area contributed by atoms with Crippen molar-refractivity contribution >= 4 is 5.82 Å². The van der Waals surface area contributed by atoms with Gasteiger partial charge in [0.05, 0.1) is 0 Å². The smallest absolute Gasteiger partial charge is 0.147 e. The Morgan fingerprint density at radius 3 is 2.69 bits per heavy atom. The maximum atomic E-state index is 5.66. The fraction of sp³-hybridized carbons (Fsp3) is 0.111. The van der Waals surface area contributed by atoms with Gasteiger partial charge in [0.1, 0.15) is 11.5 Å². The molecule has 3 N–H and O–H groups in total. The maximum absolute atomic E-state index is 5.66. The average Bonchev–Trinajstić information content (AvgIpc) is 2.52. The normalized spacial score (nSPS) is 10.2. The Morgan fingerprint density at radius 1 is 1.31 bits per heavy atom. The third kappa shape index (κ3) is 1.26. The van der Waals surface area contributed by atoms with E-state index in [9.17, 15) is 0 Å². The topological polar surface area (TPSA) is 67.6 Å². The molecule has 2 rings (SSSR count). The summed E-state index contributed by atoms with van der Waals surface area (Å²) in [7, 11) is 0. The predicted octanol–water partition coefficient (Wildman–Crippen LogP) is 1.36. The van der Waals surface area contributed by atoms with Gasteiger partial charge >= 0.3 is 0 Å². The minimum absolute atomic E-state index is 0.509. The summed E-state index contributed by atoms with van der Waals surface area (Å²) in [6, 6.07) is 7.93. The SMILES string of the molecule is Cc1ccccc1-c1nn[nH]c1N. The zero-order valence-electron chi connectivity index (χ0n) is 7.28. The summed E-state index contributed by atoms with van der Waals surface area (Å²) in [4.78, 5) is 0. The van der Waals surface area contributed by atoms with Crippen molar-refractivity contribution in [1.29, 1.82) is 0 Å². The quantitative estimate of drug-likeness (QED) is 0.686. The van der Waals surface area contributed by atoms with E-state index in [1.54, 1.807) is 0 Å². The van der Waals surface area contributed by atoms with Crippen molar-refractivity contribution < 1.29 is 0 Å². The van der Waals surface area contributed by atoms with Gasteiger partial charge in [-0.25, -0.2) is 5.10 Å². The number of rotatable bonds is 1. The van der Waals surface area contributed by atoms with E-state index in [-0.39, 0.29) is 0 Å². The lowest BCUT2D eigenvalue weighted by molar-refractivity contribution is 0.945. The Morgan fingerprint density at radius 2 is 2.08 bits per heavy atom. The Balaban J connectivity index is 2.59. The molecule has 0 unspecified atom stereocenters. The van der Waals surface area contributed by atoms with Gasteiger partial charge in [0, 0.05) is 5.56 Å². The van der Waals surface area contributed by atoms with Crippen LogP contribution in [0.2, 0.25) is 0 Å². The van der Waals surface area contributed by atoms with Gasteiger partial charge in [0.15, 0.2) is 0 Å². The standard InChI is InChI=1S/C9H10N4/c1-6-4-2-3-5-7(6)8-9(10)12-13-11-8/h2-5H,1H3,(H3,10,11,12,13). The molecule has 0 aliphatic carbocycles. The van der Waals surface area contributed by atoms with E-state index in [0.29, 0.717) is 5.82 Å². The first-order valence-electron chi connectivity index (χ1n) is 4.01. The Bertz CT molecular complexity index is 419. The summed E-state index contributed by atoms with van der Waals surface area (Å²) in [5, 5.41) is 10.2. The molecule has 1 heterocycles. The molecule has 0 bridgehead atoms. The van der Waals surface area contributed by atoms with Gasteiger partial charge in [0.25, 0.3) is 0 Å². The van der Waals surface area contributed by atoms with E-state index in [1.165, 1.54) is 0 Å². The van der Waals surface area contributed by atoms with Gasteiger partial charge in [-0.2, -0.15) is 0 Å². The minimum Gasteiger partial charge on any atom is -0.382 e. The zero-order valence-corrected chi connectivity index (χ0v) is 7.28. The summed E-state index contributed by atoms with van der Waals surface area (Å²) in [6.45, 7) is 2.02. The lowest BCUT2D eigenvalue weighted by atomic mass is 10.1. The number of nitrogen functional groups attached to an aromatic ring is 1. The lowest BCUT2D eigenvalue weighted by Gasteiger charge is -2.00. The van der Waals surface area contributed by atoms with E-state index >= 15 is 0 Å². The van der Waals surface area contributed by atoms with Crippen LogP contribution in [0.1, 0.15) is 5.56 Å². The highest BCUT2D eigenvalue weighted by molar-refractivity contribution is 5.71. The number of anilines is 1. The van der Waals surface area contributed by atoms with Crippen LogP contribution in [0, 0.1) is 6.92 Å². The molecular formula is C9H10N4. The molecule has 13 heavy (non-hydrogen) atoms. The second-order valence-corrected chi connectivity index (χ2v) is 2.89. The molecule has 0 spiro atoms. The highest BCUT2D eigenvalue weighted by atomic mass is 15.3. The molecule has 0 amide bonds. The van der Waals surface area contributed by atoms with Crippen LogP contribution >= 0.6 is 0 Å². The molecule has 0 saturated heterocycles. The fourth-order valence-electron chi connectivity index (χ4n) is 1.27. The highest BCUT2D eigenvalue weighted by Gasteiger charge is 2.07. The van der Waals surface area contributed by atoms with Crippen LogP contribution < -0.4 is 5.73 Å². The molecule has 0 aliphatic rings. The molecule has 4 heteroatoms. The molecular weight excluding hydrogens is 164 g/mol. The molecule has 0 saturated carbocycles. The van der Waals surface area contributed by atoms with Gasteiger partial charge in [-0.05, 0) is 12.5 Å². The molecule has 2 aromatic rings. The van der Waals surface area contributed by atoms with E-state index in [4.69, 9.17) is 5.73 Å². The van der Waals surface area contributed by atoms with Crippen molar-refractivity contribution in [2.45, 2.75) is 6.92 Å². The summed E-state index contributed by atoms with van der Waals surface area (Å²) in [5.41, 5.74) is 8.55. The van der Waals surface area contributed by atoms with Crippen molar-refractivity contribution in [3.8, 4) is 11.3 Å². The van der Waals surface area contributed by atoms with Crippen LogP contribution in [0.4, 0.5) is 5.82 Å². The summed E-state index contributed by atoms with van der Waals surface area (Å²) in [6.07, 6.45) is 0. The van der Waals surface area contributed by atoms with Crippen LogP contribution in [0.3, 0.4) is 0 Å². The number of H-pyrrole nitrogens is 1. The van der Waals surface area contributed by atoms with E-state index in [1.807, 2.05) is 31.2 Å². The molecule has 0 atom stereocenters. The number of aromatic nitrogens is 3. The number of nitrogens with zero attached hydrogens (tertiary/aromatic N) is 2. The Hall–Kier alpha value is -1.84. The third-order valence-electron chi connectivity index (χ3n) is 1.98. The van der Waals surface area contributed by atoms with E-state index in [2.05, 4.69) is 15.4 Å². The minimum atomic E-state index is 0.509. The highest BCUT2D eigenvalue weighted by Crippen LogP contribution is 2.23. The Kier molecular flexibility index (Phi) is 1.73. The van der Waals surface area contributed by atoms with Crippen molar-refractivity contribution in [1.82, 2.24) is 15.4 Å². The first-order valence-corrected chi connectivity index (χ1v) is 4.01. The van der Waals surface area contributed by atoms with E-state index < -0.39 is 0 Å². The Labute approximate surface area is 75.8 Å². The maximum Gasteiger partial charge on any atom is 0.147 e. The van der Waals surface area contributed by atoms with Gasteiger partial charge in [-0.15, -0.1) is 5.10 Å². The number of aromatic amines is 1. The van der Waals surface area contributed by atoms with Crippen LogP contribution in [0.5, 0.6) is 0 Å². The number of benzene rings is 1. The third-order valence-corrected chi connectivity index (χ3v) is 1.98. The number of nitrogens with two attached hydrogens (primary N) is 1. The van der Waals surface area contributed by atoms with Crippen LogP contribution in [0.15, 0.2) is 24.3 Å². The van der Waals surface area contributed by atoms with Gasteiger partial charge in [-0.1, -0.05) is 29.5 Å². The zero-order chi connectivity index (χ0) is 9.26. The molecule has 66 valence electrons. The number of hydrogen-bond donors (Lipinski definition) is 2. The summed E-state index contributed by atoms with van der Waals surface area (Å²) < 4.78 is 0. The number of nitrogens with one attached hydrogen (secondary N) is 1. The van der Waals surface area contributed by atoms with E-state index in [0.717, 1.165) is 16.8 Å². The predicted molar refractivity (Wildman–Crippen MR) is 51.0 cm³/mol. The summed E-state index contributed by atoms with van der Waals surface area (Å²) in [5.74, 6) is 0.509. The molecule has 1 aromatic carbocycles. The van der Waals surface area contributed by atoms with Crippen LogP contribution in [0.25, 0.3) is 11.3 Å². The number of hydrogen-bond acceptors (Lipinski definition) is 3. The monoisotopic (exact) mass is 174 g/mol. The first kappa shape index (κ1) is 7.79. The lowest BCUT2D eigenvalue weighted by Crippen LogP contribution is -1.90. The second kappa shape index (κ2) is 2.90. The second-order valence-electron chi connectivity index (χ2n) is 2.89. The van der Waals surface area contributed by atoms with Crippen LogP contribution in [-0.4, -0.2) is 15.4 Å². The molecule has 4 nitrogen and oxygen atoms in total. The van der Waals surface area contributed by atoms with Gasteiger partial charge in [0.2, 0.25) is 0 Å². The van der Waals surface area contributed by atoms with Crippen molar-refractivity contribution in [3.63, 3.8) is 0 Å². The molecule has 0 radical (unpaired) electrons. The number of aryl methyl sites for hydroxylation is 1. The van der Waals surface area contributed by atoms with Crippen molar-refractivity contribution in [2.75, 3.05) is 5.73 Å². The van der Waals surface area contributed by atoms with Crippen LogP contribution in [-0.2, 0) is 0 Å². The average molecular weight is 174 g/mol. The van der Waals surface area contributed by atoms with Crippen molar-refractivity contribution in [2.24, 2.45) is 0 Å². The van der Waals surface area contributed by atoms with Crippen molar-refractivity contribution in [3.05, 3.63) is 29.8 Å². The van der Waals surface area contributed by atoms with Gasteiger partial charge in [-0.3, -0.25) is 0 Å². The summed E-state index contributed by atoms with van der Waals surface area (Å²) >= 11 is 0. The molecule has 0 aliphatic heterocycles. The van der Waals surface area contributed by atoms with Gasteiger partial charge < -0.3 is 5.73 Å². The fourth-order valence-corrected chi connectivity index (χ4v) is 1.27. The molecule has 1 aromatic heterocycles.